The lowest BCUT2D eigenvalue weighted by Gasteiger charge is -1.99. The summed E-state index contributed by atoms with van der Waals surface area (Å²) in [5, 5.41) is 8.86. The van der Waals surface area contributed by atoms with Crippen molar-refractivity contribution < 1.29 is 0 Å². The standard InChI is InChI=1S/C10H18ClN3/c1-3-5-7-9-10(11)14(13-12-9)8-6-4-2/h3-8H2,1-2H3. The van der Waals surface area contributed by atoms with E-state index in [1.807, 2.05) is 0 Å². The summed E-state index contributed by atoms with van der Waals surface area (Å²) < 4.78 is 1.80. The van der Waals surface area contributed by atoms with Gasteiger partial charge in [0.15, 0.2) is 0 Å². The third-order valence-corrected chi connectivity index (χ3v) is 2.64. The molecule has 0 bridgehead atoms. The summed E-state index contributed by atoms with van der Waals surface area (Å²) in [6, 6.07) is 0. The Bertz CT molecular complexity index is 245. The summed E-state index contributed by atoms with van der Waals surface area (Å²) in [5.41, 5.74) is 0.949. The number of aromatic nitrogens is 3. The van der Waals surface area contributed by atoms with E-state index in [1.54, 1.807) is 4.68 Å². The number of rotatable bonds is 6. The van der Waals surface area contributed by atoms with E-state index < -0.39 is 0 Å². The number of aryl methyl sites for hydroxylation is 2. The SMILES string of the molecule is CCCCc1nnn(CCCC)c1Cl. The van der Waals surface area contributed by atoms with Gasteiger partial charge >= 0.3 is 0 Å². The lowest BCUT2D eigenvalue weighted by atomic mass is 10.2. The third-order valence-electron chi connectivity index (χ3n) is 2.23. The van der Waals surface area contributed by atoms with Gasteiger partial charge in [-0.05, 0) is 19.3 Å². The van der Waals surface area contributed by atoms with Crippen LogP contribution in [-0.2, 0) is 13.0 Å². The Hall–Kier alpha value is -0.570. The molecular formula is C10H18ClN3. The molecule has 0 amide bonds. The Balaban J connectivity index is 2.55. The minimum atomic E-state index is 0.729. The van der Waals surface area contributed by atoms with Crippen LogP contribution in [0.15, 0.2) is 0 Å². The van der Waals surface area contributed by atoms with Gasteiger partial charge in [-0.3, -0.25) is 0 Å². The van der Waals surface area contributed by atoms with Crippen LogP contribution in [-0.4, -0.2) is 15.0 Å². The Labute approximate surface area is 90.4 Å². The molecule has 3 nitrogen and oxygen atoms in total. The van der Waals surface area contributed by atoms with Crippen LogP contribution in [0.2, 0.25) is 5.15 Å². The molecule has 0 aliphatic rings. The van der Waals surface area contributed by atoms with Crippen molar-refractivity contribution in [1.82, 2.24) is 15.0 Å². The molecule has 0 aliphatic heterocycles. The van der Waals surface area contributed by atoms with Gasteiger partial charge in [0.2, 0.25) is 0 Å². The summed E-state index contributed by atoms with van der Waals surface area (Å²) in [6.07, 6.45) is 5.50. The van der Waals surface area contributed by atoms with Crippen LogP contribution >= 0.6 is 11.6 Å². The lowest BCUT2D eigenvalue weighted by molar-refractivity contribution is 0.553. The van der Waals surface area contributed by atoms with Crippen molar-refractivity contribution in [2.45, 2.75) is 52.5 Å². The zero-order chi connectivity index (χ0) is 10.4. The Morgan fingerprint density at radius 3 is 2.57 bits per heavy atom. The predicted molar refractivity (Wildman–Crippen MR) is 58.6 cm³/mol. The molecule has 0 unspecified atom stereocenters. The second kappa shape index (κ2) is 6.02. The zero-order valence-corrected chi connectivity index (χ0v) is 9.72. The number of unbranched alkanes of at least 4 members (excludes halogenated alkanes) is 2. The van der Waals surface area contributed by atoms with Crippen molar-refractivity contribution >= 4 is 11.6 Å². The Morgan fingerprint density at radius 2 is 1.93 bits per heavy atom. The molecule has 0 N–H and O–H groups in total. The summed E-state index contributed by atoms with van der Waals surface area (Å²) in [4.78, 5) is 0. The van der Waals surface area contributed by atoms with Gasteiger partial charge in [-0.25, -0.2) is 4.68 Å². The van der Waals surface area contributed by atoms with Gasteiger partial charge in [-0.15, -0.1) is 5.10 Å². The van der Waals surface area contributed by atoms with Gasteiger partial charge in [0.25, 0.3) is 0 Å². The molecule has 0 spiro atoms. The second-order valence-corrected chi connectivity index (χ2v) is 3.87. The van der Waals surface area contributed by atoms with Gasteiger partial charge in [0.1, 0.15) is 10.8 Å². The zero-order valence-electron chi connectivity index (χ0n) is 8.96. The number of nitrogens with zero attached hydrogens (tertiary/aromatic N) is 3. The number of hydrogen-bond acceptors (Lipinski definition) is 2. The van der Waals surface area contributed by atoms with Crippen molar-refractivity contribution in [3.8, 4) is 0 Å². The van der Waals surface area contributed by atoms with Gasteiger partial charge in [0.05, 0.1) is 0 Å². The molecule has 4 heteroatoms. The molecular weight excluding hydrogens is 198 g/mol. The summed E-state index contributed by atoms with van der Waals surface area (Å²) in [7, 11) is 0. The molecule has 1 heterocycles. The fourth-order valence-electron chi connectivity index (χ4n) is 1.29. The molecule has 1 aromatic heterocycles. The topological polar surface area (TPSA) is 30.7 Å². The van der Waals surface area contributed by atoms with Crippen molar-refractivity contribution in [3.63, 3.8) is 0 Å². The molecule has 80 valence electrons. The Kier molecular flexibility index (Phi) is 4.94. The van der Waals surface area contributed by atoms with Crippen molar-refractivity contribution in [3.05, 3.63) is 10.8 Å². The van der Waals surface area contributed by atoms with E-state index in [1.165, 1.54) is 0 Å². The second-order valence-electron chi connectivity index (χ2n) is 3.51. The Morgan fingerprint density at radius 1 is 1.21 bits per heavy atom. The smallest absolute Gasteiger partial charge is 0.150 e. The van der Waals surface area contributed by atoms with Crippen LogP contribution in [0.1, 0.15) is 45.2 Å². The van der Waals surface area contributed by atoms with Crippen molar-refractivity contribution in [1.29, 1.82) is 0 Å². The monoisotopic (exact) mass is 215 g/mol. The average Bonchev–Trinajstić information content (AvgIpc) is 2.54. The van der Waals surface area contributed by atoms with Crippen molar-refractivity contribution in [2.75, 3.05) is 0 Å². The number of hydrogen-bond donors (Lipinski definition) is 0. The van der Waals surface area contributed by atoms with E-state index in [4.69, 9.17) is 11.6 Å². The highest BCUT2D eigenvalue weighted by atomic mass is 35.5. The quantitative estimate of drug-likeness (QED) is 0.730. The molecule has 0 aliphatic carbocycles. The first-order valence-electron chi connectivity index (χ1n) is 5.37. The van der Waals surface area contributed by atoms with E-state index in [2.05, 4.69) is 24.2 Å². The number of halogens is 1. The first-order valence-corrected chi connectivity index (χ1v) is 5.75. The van der Waals surface area contributed by atoms with Crippen LogP contribution in [0.3, 0.4) is 0 Å². The maximum Gasteiger partial charge on any atom is 0.150 e. The highest BCUT2D eigenvalue weighted by Gasteiger charge is 2.08. The summed E-state index contributed by atoms with van der Waals surface area (Å²) >= 11 is 6.13. The van der Waals surface area contributed by atoms with Crippen molar-refractivity contribution in [2.24, 2.45) is 0 Å². The molecule has 0 atom stereocenters. The fraction of sp³-hybridized carbons (Fsp3) is 0.800. The van der Waals surface area contributed by atoms with Crippen LogP contribution in [0.5, 0.6) is 0 Å². The van der Waals surface area contributed by atoms with E-state index in [9.17, 15) is 0 Å². The van der Waals surface area contributed by atoms with Crippen LogP contribution < -0.4 is 0 Å². The normalized spacial score (nSPS) is 10.8. The van der Waals surface area contributed by atoms with Crippen LogP contribution in [0, 0.1) is 0 Å². The van der Waals surface area contributed by atoms with Gasteiger partial charge < -0.3 is 0 Å². The molecule has 14 heavy (non-hydrogen) atoms. The van der Waals surface area contributed by atoms with E-state index >= 15 is 0 Å². The molecule has 0 radical (unpaired) electrons. The first-order chi connectivity index (χ1) is 6.79. The lowest BCUT2D eigenvalue weighted by Crippen LogP contribution is -2.00. The minimum Gasteiger partial charge on any atom is -0.234 e. The highest BCUT2D eigenvalue weighted by Crippen LogP contribution is 2.15. The molecule has 0 saturated carbocycles. The largest absolute Gasteiger partial charge is 0.234 e. The van der Waals surface area contributed by atoms with E-state index in [0.29, 0.717) is 0 Å². The molecule has 0 fully saturated rings. The maximum absolute atomic E-state index is 6.13. The fourth-order valence-corrected chi connectivity index (χ4v) is 1.54. The summed E-state index contributed by atoms with van der Waals surface area (Å²) in [6.45, 7) is 5.20. The van der Waals surface area contributed by atoms with E-state index in [0.717, 1.165) is 49.5 Å². The predicted octanol–water partition coefficient (Wildman–Crippen LogP) is 3.07. The average molecular weight is 216 g/mol. The first kappa shape index (κ1) is 11.5. The van der Waals surface area contributed by atoms with Gasteiger partial charge in [0, 0.05) is 6.54 Å². The molecule has 1 rings (SSSR count). The van der Waals surface area contributed by atoms with Crippen LogP contribution in [0.4, 0.5) is 0 Å². The van der Waals surface area contributed by atoms with Gasteiger partial charge in [-0.1, -0.05) is 43.5 Å². The summed E-state index contributed by atoms with van der Waals surface area (Å²) in [5.74, 6) is 0. The third kappa shape index (κ3) is 2.98. The molecule has 1 aromatic rings. The van der Waals surface area contributed by atoms with Gasteiger partial charge in [-0.2, -0.15) is 0 Å². The van der Waals surface area contributed by atoms with E-state index in [-0.39, 0.29) is 0 Å². The molecule has 0 saturated heterocycles. The van der Waals surface area contributed by atoms with Crippen LogP contribution in [0.25, 0.3) is 0 Å². The highest BCUT2D eigenvalue weighted by molar-refractivity contribution is 6.30. The molecule has 0 aromatic carbocycles. The maximum atomic E-state index is 6.13. The minimum absolute atomic E-state index is 0.729.